The second kappa shape index (κ2) is 5.70. The first kappa shape index (κ1) is 13.3. The van der Waals surface area contributed by atoms with Crippen LogP contribution in [-0.4, -0.2) is 28.6 Å². The monoisotopic (exact) mass is 259 g/mol. The van der Waals surface area contributed by atoms with Gasteiger partial charge in [-0.2, -0.15) is 5.26 Å². The van der Waals surface area contributed by atoms with E-state index in [1.54, 1.807) is 23.1 Å². The van der Waals surface area contributed by atoms with Crippen molar-refractivity contribution in [3.05, 3.63) is 23.9 Å². The van der Waals surface area contributed by atoms with Gasteiger partial charge in [0, 0.05) is 6.54 Å². The standard InChI is InChI=1S/C14H17N3O2/c1-2-10-6-7-17(12(8-10)14(18)19)13-5-3-4-11(9-15)16-13/h3-5,10,12H,2,6-8H2,1H3,(H,18,19). The molecule has 0 bridgehead atoms. The highest BCUT2D eigenvalue weighted by atomic mass is 16.4. The summed E-state index contributed by atoms with van der Waals surface area (Å²) in [4.78, 5) is 17.4. The van der Waals surface area contributed by atoms with Crippen molar-refractivity contribution in [2.45, 2.75) is 32.2 Å². The molecule has 2 rings (SSSR count). The van der Waals surface area contributed by atoms with Gasteiger partial charge in [-0.05, 0) is 30.9 Å². The average molecular weight is 259 g/mol. The molecule has 0 spiro atoms. The number of carbonyl (C=O) groups is 1. The van der Waals surface area contributed by atoms with Crippen molar-refractivity contribution < 1.29 is 9.90 Å². The van der Waals surface area contributed by atoms with Crippen LogP contribution >= 0.6 is 0 Å². The second-order valence-electron chi connectivity index (χ2n) is 4.84. The number of aliphatic carboxylic acids is 1. The van der Waals surface area contributed by atoms with Gasteiger partial charge < -0.3 is 10.0 Å². The molecule has 2 atom stereocenters. The van der Waals surface area contributed by atoms with Crippen molar-refractivity contribution in [3.8, 4) is 6.07 Å². The van der Waals surface area contributed by atoms with Gasteiger partial charge in [-0.1, -0.05) is 19.4 Å². The molecule has 1 fully saturated rings. The first-order valence-corrected chi connectivity index (χ1v) is 6.52. The predicted octanol–water partition coefficient (Wildman–Crippen LogP) is 2.03. The number of aromatic nitrogens is 1. The van der Waals surface area contributed by atoms with Gasteiger partial charge in [0.05, 0.1) is 0 Å². The Bertz CT molecular complexity index is 510. The molecule has 2 heterocycles. The molecular weight excluding hydrogens is 242 g/mol. The first-order valence-electron chi connectivity index (χ1n) is 6.52. The van der Waals surface area contributed by atoms with E-state index in [9.17, 15) is 9.90 Å². The fraction of sp³-hybridized carbons (Fsp3) is 0.500. The van der Waals surface area contributed by atoms with Crippen molar-refractivity contribution in [2.75, 3.05) is 11.4 Å². The Balaban J connectivity index is 2.26. The van der Waals surface area contributed by atoms with Crippen molar-refractivity contribution in [3.63, 3.8) is 0 Å². The topological polar surface area (TPSA) is 77.2 Å². The van der Waals surface area contributed by atoms with Crippen molar-refractivity contribution in [2.24, 2.45) is 5.92 Å². The number of nitriles is 1. The van der Waals surface area contributed by atoms with Crippen molar-refractivity contribution in [1.29, 1.82) is 5.26 Å². The third kappa shape index (κ3) is 2.84. The van der Waals surface area contributed by atoms with E-state index in [4.69, 9.17) is 5.26 Å². The third-order valence-electron chi connectivity index (χ3n) is 3.72. The minimum Gasteiger partial charge on any atom is -0.480 e. The lowest BCUT2D eigenvalue weighted by molar-refractivity contribution is -0.139. The lowest BCUT2D eigenvalue weighted by Crippen LogP contribution is -2.47. The summed E-state index contributed by atoms with van der Waals surface area (Å²) < 4.78 is 0. The van der Waals surface area contributed by atoms with Gasteiger partial charge in [0.15, 0.2) is 0 Å². The fourth-order valence-electron chi connectivity index (χ4n) is 2.56. The maximum Gasteiger partial charge on any atom is 0.326 e. The normalized spacial score (nSPS) is 22.8. The number of nitrogens with zero attached hydrogens (tertiary/aromatic N) is 3. The van der Waals surface area contributed by atoms with E-state index >= 15 is 0 Å². The van der Waals surface area contributed by atoms with E-state index in [2.05, 4.69) is 11.9 Å². The van der Waals surface area contributed by atoms with Crippen molar-refractivity contribution >= 4 is 11.8 Å². The van der Waals surface area contributed by atoms with Crippen LogP contribution in [0.25, 0.3) is 0 Å². The maximum atomic E-state index is 11.4. The Morgan fingerprint density at radius 1 is 1.63 bits per heavy atom. The van der Waals surface area contributed by atoms with Gasteiger partial charge in [0.1, 0.15) is 23.6 Å². The number of anilines is 1. The summed E-state index contributed by atoms with van der Waals surface area (Å²) in [5.74, 6) is 0.222. The summed E-state index contributed by atoms with van der Waals surface area (Å²) in [6.45, 7) is 2.77. The molecule has 5 nitrogen and oxygen atoms in total. The second-order valence-corrected chi connectivity index (χ2v) is 4.84. The van der Waals surface area contributed by atoms with Crippen LogP contribution in [-0.2, 0) is 4.79 Å². The molecule has 0 saturated carbocycles. The predicted molar refractivity (Wildman–Crippen MR) is 70.7 cm³/mol. The minimum atomic E-state index is -0.817. The molecule has 1 N–H and O–H groups in total. The first-order chi connectivity index (χ1) is 9.15. The van der Waals surface area contributed by atoms with E-state index in [0.29, 0.717) is 30.4 Å². The maximum absolute atomic E-state index is 11.4. The zero-order chi connectivity index (χ0) is 13.8. The highest BCUT2D eigenvalue weighted by molar-refractivity contribution is 5.78. The van der Waals surface area contributed by atoms with E-state index in [1.165, 1.54) is 0 Å². The Morgan fingerprint density at radius 2 is 2.42 bits per heavy atom. The van der Waals surface area contributed by atoms with E-state index < -0.39 is 12.0 Å². The highest BCUT2D eigenvalue weighted by Gasteiger charge is 2.33. The Kier molecular flexibility index (Phi) is 4.00. The third-order valence-corrected chi connectivity index (χ3v) is 3.72. The van der Waals surface area contributed by atoms with E-state index in [0.717, 1.165) is 12.8 Å². The molecule has 1 aromatic heterocycles. The average Bonchev–Trinajstić information content (AvgIpc) is 2.46. The van der Waals surface area contributed by atoms with Crippen LogP contribution in [0.4, 0.5) is 5.82 Å². The zero-order valence-corrected chi connectivity index (χ0v) is 10.9. The largest absolute Gasteiger partial charge is 0.480 e. The summed E-state index contributed by atoms with van der Waals surface area (Å²) in [6, 6.07) is 6.58. The van der Waals surface area contributed by atoms with Crippen LogP contribution < -0.4 is 4.90 Å². The molecule has 2 unspecified atom stereocenters. The van der Waals surface area contributed by atoms with Crippen LogP contribution in [0.15, 0.2) is 18.2 Å². The molecule has 1 saturated heterocycles. The Morgan fingerprint density at radius 3 is 3.05 bits per heavy atom. The number of carboxylic acids is 1. The summed E-state index contributed by atoms with van der Waals surface area (Å²) in [5, 5.41) is 18.2. The summed E-state index contributed by atoms with van der Waals surface area (Å²) in [7, 11) is 0. The lowest BCUT2D eigenvalue weighted by Gasteiger charge is -2.37. The van der Waals surface area contributed by atoms with Gasteiger partial charge in [-0.3, -0.25) is 0 Å². The van der Waals surface area contributed by atoms with Crippen LogP contribution in [0.2, 0.25) is 0 Å². The van der Waals surface area contributed by atoms with Gasteiger partial charge in [-0.15, -0.1) is 0 Å². The smallest absolute Gasteiger partial charge is 0.326 e. The zero-order valence-electron chi connectivity index (χ0n) is 10.9. The van der Waals surface area contributed by atoms with Crippen LogP contribution in [0.3, 0.4) is 0 Å². The van der Waals surface area contributed by atoms with Gasteiger partial charge in [0.2, 0.25) is 0 Å². The Labute approximate surface area is 112 Å². The van der Waals surface area contributed by atoms with Crippen LogP contribution in [0, 0.1) is 17.2 Å². The molecule has 100 valence electrons. The summed E-state index contributed by atoms with van der Waals surface area (Å²) >= 11 is 0. The molecular formula is C14H17N3O2. The summed E-state index contributed by atoms with van der Waals surface area (Å²) in [5.41, 5.74) is 0.319. The molecule has 0 aromatic carbocycles. The number of hydrogen-bond acceptors (Lipinski definition) is 4. The molecule has 0 aliphatic carbocycles. The van der Waals surface area contributed by atoms with Gasteiger partial charge >= 0.3 is 5.97 Å². The van der Waals surface area contributed by atoms with E-state index in [1.807, 2.05) is 6.07 Å². The van der Waals surface area contributed by atoms with E-state index in [-0.39, 0.29) is 0 Å². The molecule has 1 aromatic rings. The summed E-state index contributed by atoms with van der Waals surface area (Å²) in [6.07, 6.45) is 2.62. The SMILES string of the molecule is CCC1CCN(c2cccc(C#N)n2)C(C(=O)O)C1. The number of piperidine rings is 1. The van der Waals surface area contributed by atoms with Crippen molar-refractivity contribution in [1.82, 2.24) is 4.98 Å². The number of hydrogen-bond donors (Lipinski definition) is 1. The number of carboxylic acid groups (broad SMARTS) is 1. The molecule has 19 heavy (non-hydrogen) atoms. The van der Waals surface area contributed by atoms with Crippen LogP contribution in [0.1, 0.15) is 31.9 Å². The number of pyridine rings is 1. The number of rotatable bonds is 3. The lowest BCUT2D eigenvalue weighted by atomic mass is 9.89. The Hall–Kier alpha value is -2.09. The highest BCUT2D eigenvalue weighted by Crippen LogP contribution is 2.29. The molecule has 0 radical (unpaired) electrons. The van der Waals surface area contributed by atoms with Gasteiger partial charge in [0.25, 0.3) is 0 Å². The minimum absolute atomic E-state index is 0.319. The van der Waals surface area contributed by atoms with Crippen LogP contribution in [0.5, 0.6) is 0 Å². The molecule has 1 aliphatic heterocycles. The van der Waals surface area contributed by atoms with Gasteiger partial charge in [-0.25, -0.2) is 9.78 Å². The molecule has 0 amide bonds. The molecule has 5 heteroatoms. The quantitative estimate of drug-likeness (QED) is 0.898. The molecule has 1 aliphatic rings. The fourth-order valence-corrected chi connectivity index (χ4v) is 2.56.